The van der Waals surface area contributed by atoms with Gasteiger partial charge >= 0.3 is 0 Å². The molecule has 4 rings (SSSR count). The van der Waals surface area contributed by atoms with Crippen LogP contribution in [0.25, 0.3) is 22.5 Å². The highest BCUT2D eigenvalue weighted by molar-refractivity contribution is 5.78. The lowest BCUT2D eigenvalue weighted by molar-refractivity contribution is 0.0873. The summed E-state index contributed by atoms with van der Waals surface area (Å²) in [7, 11) is 0. The van der Waals surface area contributed by atoms with Crippen LogP contribution in [-0.2, 0) is 6.54 Å². The fraction of sp³-hybridized carbons (Fsp3) is 0.364. The molecule has 1 N–H and O–H groups in total. The first kappa shape index (κ1) is 17.9. The van der Waals surface area contributed by atoms with E-state index in [0.717, 1.165) is 48.6 Å². The normalized spacial score (nSPS) is 17.9. The van der Waals surface area contributed by atoms with Crippen molar-refractivity contribution < 1.29 is 5.11 Å². The quantitative estimate of drug-likeness (QED) is 0.730. The summed E-state index contributed by atoms with van der Waals surface area (Å²) < 4.78 is 2.24. The number of nitrogens with zero attached hydrogens (tertiary/aromatic N) is 4. The number of imidazole rings is 1. The lowest BCUT2D eigenvalue weighted by Gasteiger charge is -2.34. The number of benzene rings is 1. The Hall–Kier alpha value is -2.50. The molecular formula is C22H26N4O. The molecule has 1 unspecified atom stereocenters. The first-order chi connectivity index (χ1) is 13.4. The van der Waals surface area contributed by atoms with Gasteiger partial charge in [-0.05, 0) is 31.5 Å². The molecule has 0 spiro atoms. The summed E-state index contributed by atoms with van der Waals surface area (Å²) in [5.74, 6) is 0. The highest BCUT2D eigenvalue weighted by atomic mass is 16.3. The van der Waals surface area contributed by atoms with Gasteiger partial charge in [0.1, 0.15) is 0 Å². The molecule has 3 heterocycles. The Kier molecular flexibility index (Phi) is 5.61. The van der Waals surface area contributed by atoms with Crippen molar-refractivity contribution in [3.05, 3.63) is 61.2 Å². The monoisotopic (exact) mass is 362 g/mol. The number of aromatic nitrogens is 3. The van der Waals surface area contributed by atoms with Crippen LogP contribution in [0.3, 0.4) is 0 Å². The number of hydrogen-bond acceptors (Lipinski definition) is 4. The van der Waals surface area contributed by atoms with Crippen LogP contribution in [0.5, 0.6) is 0 Å². The first-order valence-electron chi connectivity index (χ1n) is 9.72. The van der Waals surface area contributed by atoms with Crippen LogP contribution < -0.4 is 0 Å². The van der Waals surface area contributed by atoms with Crippen LogP contribution in [-0.4, -0.2) is 50.3 Å². The molecule has 5 heteroatoms. The van der Waals surface area contributed by atoms with Crippen LogP contribution in [0.4, 0.5) is 0 Å². The van der Waals surface area contributed by atoms with E-state index in [9.17, 15) is 5.11 Å². The zero-order chi connectivity index (χ0) is 18.5. The second-order valence-electron chi connectivity index (χ2n) is 7.11. The minimum absolute atomic E-state index is 0.246. The van der Waals surface area contributed by atoms with Crippen molar-refractivity contribution in [2.24, 2.45) is 0 Å². The Morgan fingerprint density at radius 2 is 1.78 bits per heavy atom. The zero-order valence-electron chi connectivity index (χ0n) is 15.5. The first-order valence-corrected chi connectivity index (χ1v) is 9.72. The summed E-state index contributed by atoms with van der Waals surface area (Å²) in [6.45, 7) is 3.09. The number of aliphatic hydroxyl groups is 1. The van der Waals surface area contributed by atoms with Crippen molar-refractivity contribution in [1.82, 2.24) is 19.4 Å². The second-order valence-corrected chi connectivity index (χ2v) is 7.11. The Morgan fingerprint density at radius 3 is 2.56 bits per heavy atom. The van der Waals surface area contributed by atoms with Crippen LogP contribution in [0.1, 0.15) is 19.3 Å². The molecule has 2 aromatic heterocycles. The van der Waals surface area contributed by atoms with Crippen molar-refractivity contribution in [2.75, 3.05) is 19.7 Å². The lowest BCUT2D eigenvalue weighted by atomic mass is 10.0. The maximum absolute atomic E-state index is 9.68. The fourth-order valence-corrected chi connectivity index (χ4v) is 3.97. The predicted octanol–water partition coefficient (Wildman–Crippen LogP) is 3.46. The van der Waals surface area contributed by atoms with Gasteiger partial charge in [-0.3, -0.25) is 9.88 Å². The molecule has 1 saturated heterocycles. The number of pyridine rings is 1. The number of aliphatic hydroxyl groups excluding tert-OH is 1. The molecule has 1 atom stereocenters. The molecule has 0 radical (unpaired) electrons. The van der Waals surface area contributed by atoms with Crippen molar-refractivity contribution in [2.45, 2.75) is 31.8 Å². The second kappa shape index (κ2) is 8.46. The van der Waals surface area contributed by atoms with E-state index in [0.29, 0.717) is 6.04 Å². The summed E-state index contributed by atoms with van der Waals surface area (Å²) in [4.78, 5) is 11.3. The molecule has 1 aromatic carbocycles. The van der Waals surface area contributed by atoms with Gasteiger partial charge in [0.15, 0.2) is 0 Å². The van der Waals surface area contributed by atoms with E-state index in [2.05, 4.69) is 26.6 Å². The summed E-state index contributed by atoms with van der Waals surface area (Å²) >= 11 is 0. The average Bonchev–Trinajstić information content (AvgIpc) is 3.17. The minimum Gasteiger partial charge on any atom is -0.395 e. The number of piperidine rings is 1. The Balaban J connectivity index is 1.64. The molecule has 0 aliphatic carbocycles. The van der Waals surface area contributed by atoms with Crippen LogP contribution in [0.2, 0.25) is 0 Å². The van der Waals surface area contributed by atoms with E-state index >= 15 is 0 Å². The largest absolute Gasteiger partial charge is 0.395 e. The molecule has 0 amide bonds. The summed E-state index contributed by atoms with van der Waals surface area (Å²) in [5.41, 5.74) is 4.37. The molecule has 1 aliphatic rings. The van der Waals surface area contributed by atoms with E-state index in [-0.39, 0.29) is 6.61 Å². The van der Waals surface area contributed by atoms with Gasteiger partial charge in [-0.25, -0.2) is 4.98 Å². The molecule has 0 saturated carbocycles. The van der Waals surface area contributed by atoms with Gasteiger partial charge in [0.25, 0.3) is 0 Å². The summed E-state index contributed by atoms with van der Waals surface area (Å²) in [6.07, 6.45) is 9.12. The Labute approximate surface area is 160 Å². The highest BCUT2D eigenvalue weighted by Gasteiger charge is 2.22. The average molecular weight is 362 g/mol. The summed E-state index contributed by atoms with van der Waals surface area (Å²) in [6, 6.07) is 14.7. The molecule has 1 aliphatic heterocycles. The molecular weight excluding hydrogens is 336 g/mol. The fourth-order valence-electron chi connectivity index (χ4n) is 3.97. The van der Waals surface area contributed by atoms with Gasteiger partial charge in [0, 0.05) is 42.7 Å². The van der Waals surface area contributed by atoms with Crippen molar-refractivity contribution in [1.29, 1.82) is 0 Å². The standard InChI is InChI=1S/C22H26N4O/c27-16-20-8-4-5-13-25(20)14-15-26-17-24-21(18-6-2-1-3-7-18)22(26)19-9-11-23-12-10-19/h1-3,6-7,9-12,17,20,27H,4-5,8,13-16H2. The molecule has 140 valence electrons. The van der Waals surface area contributed by atoms with E-state index in [1.807, 2.05) is 49.1 Å². The predicted molar refractivity (Wildman–Crippen MR) is 107 cm³/mol. The van der Waals surface area contributed by atoms with E-state index in [1.165, 1.54) is 12.8 Å². The topological polar surface area (TPSA) is 54.2 Å². The molecule has 27 heavy (non-hydrogen) atoms. The molecule has 0 bridgehead atoms. The number of likely N-dealkylation sites (tertiary alicyclic amines) is 1. The van der Waals surface area contributed by atoms with Crippen LogP contribution in [0, 0.1) is 0 Å². The molecule has 5 nitrogen and oxygen atoms in total. The third kappa shape index (κ3) is 3.94. The van der Waals surface area contributed by atoms with Crippen molar-refractivity contribution in [3.8, 4) is 22.5 Å². The van der Waals surface area contributed by atoms with Crippen LogP contribution in [0.15, 0.2) is 61.2 Å². The van der Waals surface area contributed by atoms with Crippen LogP contribution >= 0.6 is 0 Å². The van der Waals surface area contributed by atoms with E-state index < -0.39 is 0 Å². The van der Waals surface area contributed by atoms with Gasteiger partial charge < -0.3 is 9.67 Å². The number of rotatable bonds is 6. The minimum atomic E-state index is 0.246. The van der Waals surface area contributed by atoms with E-state index in [1.54, 1.807) is 0 Å². The third-order valence-electron chi connectivity index (χ3n) is 5.43. The van der Waals surface area contributed by atoms with Crippen molar-refractivity contribution >= 4 is 0 Å². The van der Waals surface area contributed by atoms with Crippen molar-refractivity contribution in [3.63, 3.8) is 0 Å². The van der Waals surface area contributed by atoms with Gasteiger partial charge in [-0.15, -0.1) is 0 Å². The van der Waals surface area contributed by atoms with E-state index in [4.69, 9.17) is 4.98 Å². The van der Waals surface area contributed by atoms with Gasteiger partial charge in [-0.1, -0.05) is 36.8 Å². The summed E-state index contributed by atoms with van der Waals surface area (Å²) in [5, 5.41) is 9.68. The molecule has 1 fully saturated rings. The van der Waals surface area contributed by atoms with Gasteiger partial charge in [0.2, 0.25) is 0 Å². The Morgan fingerprint density at radius 1 is 0.963 bits per heavy atom. The van der Waals surface area contributed by atoms with Gasteiger partial charge in [-0.2, -0.15) is 0 Å². The highest BCUT2D eigenvalue weighted by Crippen LogP contribution is 2.31. The zero-order valence-corrected chi connectivity index (χ0v) is 15.5. The third-order valence-corrected chi connectivity index (χ3v) is 5.43. The molecule has 3 aromatic rings. The Bertz CT molecular complexity index is 847. The lowest BCUT2D eigenvalue weighted by Crippen LogP contribution is -2.43. The van der Waals surface area contributed by atoms with Gasteiger partial charge in [0.05, 0.1) is 24.3 Å². The maximum atomic E-state index is 9.68. The SMILES string of the molecule is OCC1CCCCN1CCn1cnc(-c2ccccc2)c1-c1ccncc1. The number of hydrogen-bond donors (Lipinski definition) is 1. The maximum Gasteiger partial charge on any atom is 0.0963 e. The smallest absolute Gasteiger partial charge is 0.0963 e.